The highest BCUT2D eigenvalue weighted by molar-refractivity contribution is 8.93. The first-order chi connectivity index (χ1) is 18.6. The molecule has 1 N–H and O–H groups in total. The molecular formula is C32H46BrClN2O2S. The van der Waals surface area contributed by atoms with Gasteiger partial charge in [-0.3, -0.25) is 4.79 Å². The van der Waals surface area contributed by atoms with Crippen molar-refractivity contribution in [2.45, 2.75) is 97.4 Å². The molecule has 0 radical (unpaired) electrons. The van der Waals surface area contributed by atoms with Crippen molar-refractivity contribution >= 4 is 51.9 Å². The first kappa shape index (κ1) is 33.6. The number of ether oxygens (including phenoxy) is 1. The molecule has 1 aliphatic heterocycles. The molecule has 0 spiro atoms. The van der Waals surface area contributed by atoms with E-state index < -0.39 is 0 Å². The standard InChI is InChI=1S/C32H45ClN2O2S.BrH/c1-3-4-5-6-7-8-9-10-11-12-13-14-20-37-29-18-19-30(31(33)22-29)32(36)34-28-17-15-16-27(21-28)23-35-25-38-24-26(35)2;/h15-19,21-22,24H,3-14,20,23,25H2,1-2H3,(H,34,36);1H. The number of thioether (sulfide) groups is 1. The Balaban J connectivity index is 0.00000533. The molecule has 0 bridgehead atoms. The summed E-state index contributed by atoms with van der Waals surface area (Å²) in [7, 11) is 0. The van der Waals surface area contributed by atoms with Gasteiger partial charge in [0.1, 0.15) is 5.75 Å². The van der Waals surface area contributed by atoms with Gasteiger partial charge < -0.3 is 15.0 Å². The second-order valence-corrected chi connectivity index (χ2v) is 11.5. The fourth-order valence-corrected chi connectivity index (χ4v) is 5.86. The number of hydrogen-bond acceptors (Lipinski definition) is 4. The number of amides is 1. The molecule has 0 saturated carbocycles. The van der Waals surface area contributed by atoms with Gasteiger partial charge in [-0.25, -0.2) is 0 Å². The molecule has 0 aliphatic carbocycles. The number of halogens is 2. The number of benzene rings is 2. The van der Waals surface area contributed by atoms with E-state index in [0.29, 0.717) is 22.9 Å². The van der Waals surface area contributed by atoms with Crippen LogP contribution in [0.4, 0.5) is 5.69 Å². The Morgan fingerprint density at radius 2 is 1.62 bits per heavy atom. The van der Waals surface area contributed by atoms with Crippen LogP contribution in [0, 0.1) is 0 Å². The third kappa shape index (κ3) is 12.6. The summed E-state index contributed by atoms with van der Waals surface area (Å²) in [6.07, 6.45) is 15.9. The summed E-state index contributed by atoms with van der Waals surface area (Å²) in [5.41, 5.74) is 3.65. The molecule has 0 saturated heterocycles. The van der Waals surface area contributed by atoms with Crippen molar-refractivity contribution in [1.82, 2.24) is 4.90 Å². The van der Waals surface area contributed by atoms with E-state index in [4.69, 9.17) is 16.3 Å². The zero-order valence-corrected chi connectivity index (χ0v) is 27.0. The average molecular weight is 638 g/mol. The molecule has 0 atom stereocenters. The van der Waals surface area contributed by atoms with E-state index in [0.717, 1.165) is 30.1 Å². The summed E-state index contributed by atoms with van der Waals surface area (Å²) in [5.74, 6) is 1.46. The summed E-state index contributed by atoms with van der Waals surface area (Å²) in [6, 6.07) is 13.3. The molecule has 2 aromatic rings. The number of unbranched alkanes of at least 4 members (excludes halogenated alkanes) is 11. The number of carbonyl (C=O) groups excluding carboxylic acids is 1. The quantitative estimate of drug-likeness (QED) is 0.165. The van der Waals surface area contributed by atoms with Crippen LogP contribution in [0.2, 0.25) is 5.02 Å². The third-order valence-electron chi connectivity index (χ3n) is 6.99. The van der Waals surface area contributed by atoms with E-state index in [1.165, 1.54) is 76.3 Å². The Labute approximate surface area is 256 Å². The van der Waals surface area contributed by atoms with Crippen molar-refractivity contribution in [3.05, 3.63) is 69.7 Å². The van der Waals surface area contributed by atoms with Gasteiger partial charge >= 0.3 is 0 Å². The first-order valence-electron chi connectivity index (χ1n) is 14.4. The van der Waals surface area contributed by atoms with Crippen molar-refractivity contribution < 1.29 is 9.53 Å². The largest absolute Gasteiger partial charge is 0.494 e. The van der Waals surface area contributed by atoms with Gasteiger partial charge in [0.15, 0.2) is 0 Å². The van der Waals surface area contributed by atoms with Crippen LogP contribution in [0.5, 0.6) is 5.75 Å². The molecule has 1 aliphatic rings. The van der Waals surface area contributed by atoms with Crippen LogP contribution >= 0.6 is 40.3 Å². The molecule has 216 valence electrons. The minimum atomic E-state index is -0.215. The summed E-state index contributed by atoms with van der Waals surface area (Å²) >= 11 is 8.26. The molecule has 4 nitrogen and oxygen atoms in total. The first-order valence-corrected chi connectivity index (χ1v) is 15.9. The number of nitrogens with zero attached hydrogens (tertiary/aromatic N) is 1. The molecular weight excluding hydrogens is 592 g/mol. The predicted octanol–water partition coefficient (Wildman–Crippen LogP) is 10.6. The highest BCUT2D eigenvalue weighted by atomic mass is 79.9. The number of anilines is 1. The Morgan fingerprint density at radius 3 is 2.23 bits per heavy atom. The number of nitrogens with one attached hydrogen (secondary N) is 1. The average Bonchev–Trinajstić information content (AvgIpc) is 3.31. The van der Waals surface area contributed by atoms with Crippen LogP contribution in [0.3, 0.4) is 0 Å². The summed E-state index contributed by atoms with van der Waals surface area (Å²) in [6.45, 7) is 5.90. The van der Waals surface area contributed by atoms with E-state index in [9.17, 15) is 4.79 Å². The SMILES string of the molecule is Br.CCCCCCCCCCCCCCOc1ccc(C(=O)Nc2cccc(CN3CSC=C3C)c2)c(Cl)c1. The van der Waals surface area contributed by atoms with Gasteiger partial charge in [-0.1, -0.05) is 101 Å². The highest BCUT2D eigenvalue weighted by Gasteiger charge is 2.14. The fourth-order valence-electron chi connectivity index (χ4n) is 4.66. The molecule has 1 amide bonds. The molecule has 1 heterocycles. The van der Waals surface area contributed by atoms with Crippen LogP contribution in [0.1, 0.15) is 107 Å². The Hall–Kier alpha value is -1.63. The lowest BCUT2D eigenvalue weighted by Crippen LogP contribution is -2.17. The predicted molar refractivity (Wildman–Crippen MR) is 175 cm³/mol. The Kier molecular flexibility index (Phi) is 16.7. The molecule has 0 fully saturated rings. The fraction of sp³-hybridized carbons (Fsp3) is 0.531. The number of rotatable bonds is 18. The maximum atomic E-state index is 12.9. The smallest absolute Gasteiger partial charge is 0.257 e. The number of hydrogen-bond donors (Lipinski definition) is 1. The monoisotopic (exact) mass is 636 g/mol. The number of carbonyl (C=O) groups is 1. The Morgan fingerprint density at radius 1 is 0.949 bits per heavy atom. The molecule has 0 unspecified atom stereocenters. The molecule has 2 aromatic carbocycles. The molecule has 0 aromatic heterocycles. The molecule has 3 rings (SSSR count). The topological polar surface area (TPSA) is 41.6 Å². The maximum Gasteiger partial charge on any atom is 0.257 e. The van der Waals surface area contributed by atoms with E-state index in [1.54, 1.807) is 23.9 Å². The lowest BCUT2D eigenvalue weighted by Gasteiger charge is -2.19. The second kappa shape index (κ2) is 19.4. The van der Waals surface area contributed by atoms with Crippen LogP contribution in [-0.2, 0) is 6.54 Å². The minimum Gasteiger partial charge on any atom is -0.494 e. The minimum absolute atomic E-state index is 0. The summed E-state index contributed by atoms with van der Waals surface area (Å²) in [4.78, 5) is 15.2. The summed E-state index contributed by atoms with van der Waals surface area (Å²) in [5, 5.41) is 5.57. The van der Waals surface area contributed by atoms with Crippen molar-refractivity contribution in [2.24, 2.45) is 0 Å². The third-order valence-corrected chi connectivity index (χ3v) is 8.27. The van der Waals surface area contributed by atoms with Gasteiger partial charge in [-0.05, 0) is 54.6 Å². The van der Waals surface area contributed by atoms with Crippen LogP contribution in [-0.4, -0.2) is 23.3 Å². The van der Waals surface area contributed by atoms with Crippen LogP contribution in [0.15, 0.2) is 53.6 Å². The summed E-state index contributed by atoms with van der Waals surface area (Å²) < 4.78 is 5.89. The van der Waals surface area contributed by atoms with Gasteiger partial charge in [0.2, 0.25) is 0 Å². The van der Waals surface area contributed by atoms with E-state index in [-0.39, 0.29) is 22.9 Å². The van der Waals surface area contributed by atoms with E-state index >= 15 is 0 Å². The van der Waals surface area contributed by atoms with Crippen molar-refractivity contribution in [1.29, 1.82) is 0 Å². The van der Waals surface area contributed by atoms with Crippen LogP contribution < -0.4 is 10.1 Å². The van der Waals surface area contributed by atoms with Crippen molar-refractivity contribution in [3.63, 3.8) is 0 Å². The maximum absolute atomic E-state index is 12.9. The van der Waals surface area contributed by atoms with Crippen molar-refractivity contribution in [2.75, 3.05) is 17.8 Å². The van der Waals surface area contributed by atoms with Gasteiger partial charge in [-0.15, -0.1) is 28.7 Å². The highest BCUT2D eigenvalue weighted by Crippen LogP contribution is 2.27. The normalized spacial score (nSPS) is 12.7. The van der Waals surface area contributed by atoms with E-state index in [2.05, 4.69) is 35.5 Å². The van der Waals surface area contributed by atoms with Gasteiger partial charge in [0, 0.05) is 17.9 Å². The Bertz CT molecular complexity index is 1030. The van der Waals surface area contributed by atoms with Crippen molar-refractivity contribution in [3.8, 4) is 5.75 Å². The second-order valence-electron chi connectivity index (χ2n) is 10.3. The van der Waals surface area contributed by atoms with Gasteiger partial charge in [0.25, 0.3) is 5.91 Å². The zero-order chi connectivity index (χ0) is 27.0. The van der Waals surface area contributed by atoms with Gasteiger partial charge in [-0.2, -0.15) is 0 Å². The number of allylic oxidation sites excluding steroid dienone is 1. The zero-order valence-electron chi connectivity index (χ0n) is 23.7. The van der Waals surface area contributed by atoms with E-state index in [1.807, 2.05) is 24.3 Å². The van der Waals surface area contributed by atoms with Gasteiger partial charge in [0.05, 0.1) is 23.1 Å². The lowest BCUT2D eigenvalue weighted by molar-refractivity contribution is 0.102. The molecule has 39 heavy (non-hydrogen) atoms. The lowest BCUT2D eigenvalue weighted by atomic mass is 10.1. The molecule has 7 heteroatoms. The van der Waals surface area contributed by atoms with Crippen LogP contribution in [0.25, 0.3) is 0 Å².